The zero-order chi connectivity index (χ0) is 18.9. The monoisotopic (exact) mass is 354 g/mol. The van der Waals surface area contributed by atoms with E-state index in [9.17, 15) is 14.7 Å². The van der Waals surface area contributed by atoms with Crippen LogP contribution in [0.15, 0.2) is 54.6 Å². The number of aliphatic carboxylic acids is 1. The molecule has 0 saturated heterocycles. The first-order chi connectivity index (χ1) is 12.5. The molecule has 138 valence electrons. The Kier molecular flexibility index (Phi) is 7.21. The zero-order valence-electron chi connectivity index (χ0n) is 15.1. The molecule has 0 unspecified atom stereocenters. The van der Waals surface area contributed by atoms with Crippen molar-refractivity contribution < 1.29 is 19.4 Å². The van der Waals surface area contributed by atoms with E-state index in [2.05, 4.69) is 19.2 Å². The minimum Gasteiger partial charge on any atom is -0.550 e. The van der Waals surface area contributed by atoms with E-state index in [0.717, 1.165) is 12.0 Å². The molecule has 0 fully saturated rings. The Labute approximate surface area is 154 Å². The predicted octanol–water partition coefficient (Wildman–Crippen LogP) is 2.72. The van der Waals surface area contributed by atoms with Gasteiger partial charge in [0, 0.05) is 18.0 Å². The van der Waals surface area contributed by atoms with Crippen LogP contribution in [0.2, 0.25) is 0 Å². The van der Waals surface area contributed by atoms with E-state index in [4.69, 9.17) is 4.74 Å². The van der Waals surface area contributed by atoms with Crippen molar-refractivity contribution in [2.45, 2.75) is 32.7 Å². The van der Waals surface area contributed by atoms with E-state index < -0.39 is 12.0 Å². The Balaban J connectivity index is 2.01. The zero-order valence-corrected chi connectivity index (χ0v) is 15.1. The first-order valence-corrected chi connectivity index (χ1v) is 8.74. The van der Waals surface area contributed by atoms with Crippen LogP contribution < -0.4 is 15.2 Å². The molecule has 0 heterocycles. The highest BCUT2D eigenvalue weighted by Crippen LogP contribution is 2.18. The van der Waals surface area contributed by atoms with E-state index in [1.807, 2.05) is 6.07 Å². The Bertz CT molecular complexity index is 711. The van der Waals surface area contributed by atoms with Gasteiger partial charge in [-0.25, -0.2) is 0 Å². The molecule has 1 amide bonds. The Morgan fingerprint density at radius 1 is 1.04 bits per heavy atom. The highest BCUT2D eigenvalue weighted by molar-refractivity contribution is 5.94. The van der Waals surface area contributed by atoms with Gasteiger partial charge < -0.3 is 20.0 Å². The van der Waals surface area contributed by atoms with Crippen molar-refractivity contribution in [1.29, 1.82) is 0 Å². The number of carbonyl (C=O) groups is 2. The van der Waals surface area contributed by atoms with Crippen molar-refractivity contribution in [3.05, 3.63) is 65.7 Å². The number of rotatable bonds is 9. The number of hydrogen-bond donors (Lipinski definition) is 1. The molecule has 2 aromatic carbocycles. The third kappa shape index (κ3) is 6.24. The standard InChI is InChI=1S/C21H25NO4/c1-15(2)12-13-26-18-10-8-17(9-11-18)21(25)22-19(14-20(23)24)16-6-4-3-5-7-16/h3-11,15,19H,12-14H2,1-2H3,(H,22,25)(H,23,24)/p-1/t19-/m0/s1. The fourth-order valence-electron chi connectivity index (χ4n) is 2.46. The van der Waals surface area contributed by atoms with Gasteiger partial charge >= 0.3 is 0 Å². The summed E-state index contributed by atoms with van der Waals surface area (Å²) >= 11 is 0. The van der Waals surface area contributed by atoms with Crippen molar-refractivity contribution in [1.82, 2.24) is 5.32 Å². The fraction of sp³-hybridized carbons (Fsp3) is 0.333. The van der Waals surface area contributed by atoms with Crippen molar-refractivity contribution >= 4 is 11.9 Å². The first-order valence-electron chi connectivity index (χ1n) is 8.74. The number of nitrogens with one attached hydrogen (secondary N) is 1. The molecule has 0 bridgehead atoms. The number of benzene rings is 2. The second-order valence-electron chi connectivity index (χ2n) is 6.57. The van der Waals surface area contributed by atoms with Crippen LogP contribution in [-0.4, -0.2) is 18.5 Å². The number of amides is 1. The molecule has 0 saturated carbocycles. The molecular weight excluding hydrogens is 330 g/mol. The molecule has 1 atom stereocenters. The summed E-state index contributed by atoms with van der Waals surface area (Å²) in [5.74, 6) is -0.280. The summed E-state index contributed by atoms with van der Waals surface area (Å²) in [6.45, 7) is 4.89. The molecule has 0 aliphatic heterocycles. The highest BCUT2D eigenvalue weighted by atomic mass is 16.5. The smallest absolute Gasteiger partial charge is 0.251 e. The first kappa shape index (κ1) is 19.5. The van der Waals surface area contributed by atoms with Crippen LogP contribution in [0.4, 0.5) is 0 Å². The van der Waals surface area contributed by atoms with Gasteiger partial charge in [-0.05, 0) is 42.2 Å². The molecule has 0 aliphatic carbocycles. The third-order valence-electron chi connectivity index (χ3n) is 3.96. The number of carboxylic acids is 1. The van der Waals surface area contributed by atoms with Crippen molar-refractivity contribution in [3.63, 3.8) is 0 Å². The van der Waals surface area contributed by atoms with Gasteiger partial charge in [-0.3, -0.25) is 4.79 Å². The van der Waals surface area contributed by atoms with Crippen molar-refractivity contribution in [2.75, 3.05) is 6.61 Å². The lowest BCUT2D eigenvalue weighted by atomic mass is 10.0. The molecule has 1 N–H and O–H groups in total. The van der Waals surface area contributed by atoms with Crippen molar-refractivity contribution in [3.8, 4) is 5.75 Å². The fourth-order valence-corrected chi connectivity index (χ4v) is 2.46. The lowest BCUT2D eigenvalue weighted by Crippen LogP contribution is -2.34. The Morgan fingerprint density at radius 2 is 1.69 bits per heavy atom. The second-order valence-corrected chi connectivity index (χ2v) is 6.57. The second kappa shape index (κ2) is 9.61. The molecule has 0 aromatic heterocycles. The highest BCUT2D eigenvalue weighted by Gasteiger charge is 2.16. The summed E-state index contributed by atoms with van der Waals surface area (Å²) in [4.78, 5) is 23.5. The molecule has 0 aliphatic rings. The minimum absolute atomic E-state index is 0.286. The summed E-state index contributed by atoms with van der Waals surface area (Å²) in [5.41, 5.74) is 1.17. The molecule has 2 rings (SSSR count). The van der Waals surface area contributed by atoms with Crippen molar-refractivity contribution in [2.24, 2.45) is 5.92 Å². The molecule has 0 spiro atoms. The van der Waals surface area contributed by atoms with E-state index in [1.54, 1.807) is 48.5 Å². The quantitative estimate of drug-likeness (QED) is 0.751. The van der Waals surface area contributed by atoms with Crippen LogP contribution in [-0.2, 0) is 4.79 Å². The van der Waals surface area contributed by atoms with Crippen LogP contribution >= 0.6 is 0 Å². The molecule has 5 nitrogen and oxygen atoms in total. The molecule has 0 radical (unpaired) electrons. The van der Waals surface area contributed by atoms with Gasteiger partial charge in [-0.15, -0.1) is 0 Å². The van der Waals surface area contributed by atoms with Gasteiger partial charge in [0.25, 0.3) is 5.91 Å². The normalized spacial score (nSPS) is 11.8. The summed E-state index contributed by atoms with van der Waals surface area (Å²) in [6.07, 6.45) is 0.677. The molecule has 2 aromatic rings. The van der Waals surface area contributed by atoms with Gasteiger partial charge in [0.2, 0.25) is 0 Å². The van der Waals surface area contributed by atoms with E-state index in [1.165, 1.54) is 0 Å². The van der Waals surface area contributed by atoms with Gasteiger partial charge in [-0.1, -0.05) is 44.2 Å². The van der Waals surface area contributed by atoms with Gasteiger partial charge in [0.15, 0.2) is 0 Å². The van der Waals surface area contributed by atoms with E-state index >= 15 is 0 Å². The van der Waals surface area contributed by atoms with Gasteiger partial charge in [0.1, 0.15) is 5.75 Å². The number of ether oxygens (including phenoxy) is 1. The lowest BCUT2D eigenvalue weighted by Gasteiger charge is -2.20. The number of hydrogen-bond acceptors (Lipinski definition) is 4. The van der Waals surface area contributed by atoms with E-state index in [-0.39, 0.29) is 12.3 Å². The number of carbonyl (C=O) groups excluding carboxylic acids is 2. The average Bonchev–Trinajstić information content (AvgIpc) is 2.62. The molecular formula is C21H24NO4-. The minimum atomic E-state index is -1.21. The Morgan fingerprint density at radius 3 is 2.27 bits per heavy atom. The Hall–Kier alpha value is -2.82. The van der Waals surface area contributed by atoms with Gasteiger partial charge in [0.05, 0.1) is 12.6 Å². The van der Waals surface area contributed by atoms with Crippen LogP contribution in [0.25, 0.3) is 0 Å². The van der Waals surface area contributed by atoms with Gasteiger partial charge in [-0.2, -0.15) is 0 Å². The summed E-state index contributed by atoms with van der Waals surface area (Å²) in [7, 11) is 0. The maximum atomic E-state index is 12.5. The summed E-state index contributed by atoms with van der Waals surface area (Å²) in [5, 5.41) is 13.8. The maximum Gasteiger partial charge on any atom is 0.251 e. The summed E-state index contributed by atoms with van der Waals surface area (Å²) < 4.78 is 5.64. The van der Waals surface area contributed by atoms with E-state index in [0.29, 0.717) is 23.8 Å². The van der Waals surface area contributed by atoms with Crippen LogP contribution in [0, 0.1) is 5.92 Å². The number of carboxylic acid groups (broad SMARTS) is 1. The van der Waals surface area contributed by atoms with Crippen LogP contribution in [0.3, 0.4) is 0 Å². The SMILES string of the molecule is CC(C)CCOc1ccc(C(=O)N[C@@H](CC(=O)[O-])c2ccccc2)cc1. The molecule has 5 heteroatoms. The predicted molar refractivity (Wildman–Crippen MR) is 97.7 cm³/mol. The maximum absolute atomic E-state index is 12.5. The summed E-state index contributed by atoms with van der Waals surface area (Å²) in [6, 6.07) is 15.2. The topological polar surface area (TPSA) is 78.5 Å². The third-order valence-corrected chi connectivity index (χ3v) is 3.96. The van der Waals surface area contributed by atoms with Crippen LogP contribution in [0.5, 0.6) is 5.75 Å². The molecule has 26 heavy (non-hydrogen) atoms. The largest absolute Gasteiger partial charge is 0.550 e. The lowest BCUT2D eigenvalue weighted by molar-refractivity contribution is -0.306. The average molecular weight is 354 g/mol. The van der Waals surface area contributed by atoms with Crippen LogP contribution in [0.1, 0.15) is 48.7 Å².